The van der Waals surface area contributed by atoms with Crippen molar-refractivity contribution in [1.29, 1.82) is 0 Å². The predicted octanol–water partition coefficient (Wildman–Crippen LogP) is 11.4. The van der Waals surface area contributed by atoms with Crippen molar-refractivity contribution in [2.45, 2.75) is 207 Å². The zero-order valence-electron chi connectivity index (χ0n) is 31.4. The number of hydrogen-bond donors (Lipinski definition) is 0. The second kappa shape index (κ2) is 36.7. The lowest BCUT2D eigenvalue weighted by atomic mass is 10.1. The largest absolute Gasteiger partial charge is 0.466 e. The third kappa shape index (κ3) is 32.8. The van der Waals surface area contributed by atoms with Crippen LogP contribution in [0.15, 0.2) is 0 Å². The van der Waals surface area contributed by atoms with E-state index in [4.69, 9.17) is 14.2 Å². The molecule has 0 fully saturated rings. The van der Waals surface area contributed by atoms with Gasteiger partial charge in [0.15, 0.2) is 0 Å². The second-order valence-electron chi connectivity index (χ2n) is 13.6. The minimum absolute atomic E-state index is 0.000821. The van der Waals surface area contributed by atoms with E-state index < -0.39 is 0 Å². The van der Waals surface area contributed by atoms with Crippen molar-refractivity contribution in [2.75, 3.05) is 40.0 Å². The first-order valence-electron chi connectivity index (χ1n) is 20.1. The Morgan fingerprint density at radius 3 is 1.50 bits per heavy atom. The highest BCUT2D eigenvalue weighted by Crippen LogP contribution is 2.15. The summed E-state index contributed by atoms with van der Waals surface area (Å²) in [7, 11) is 1.78. The first-order valence-corrected chi connectivity index (χ1v) is 20.1. The molecule has 0 heterocycles. The molecule has 0 aromatic rings. The fourth-order valence-electron chi connectivity index (χ4n) is 6.10. The number of ether oxygens (including phenoxy) is 3. The average Bonchev–Trinajstić information content (AvgIpc) is 3.05. The van der Waals surface area contributed by atoms with Crippen LogP contribution < -0.4 is 0 Å². The van der Waals surface area contributed by atoms with Crippen LogP contribution in [-0.2, 0) is 23.8 Å². The van der Waals surface area contributed by atoms with Gasteiger partial charge in [-0.1, -0.05) is 130 Å². The van der Waals surface area contributed by atoms with Gasteiger partial charge in [0.2, 0.25) is 0 Å². The van der Waals surface area contributed by atoms with Gasteiger partial charge in [0.25, 0.3) is 0 Å². The van der Waals surface area contributed by atoms with E-state index in [1.165, 1.54) is 116 Å². The van der Waals surface area contributed by atoms with E-state index in [9.17, 15) is 9.59 Å². The normalized spacial score (nSPS) is 12.1. The molecule has 0 spiro atoms. The molecule has 6 heteroatoms. The van der Waals surface area contributed by atoms with Crippen molar-refractivity contribution in [1.82, 2.24) is 4.90 Å². The number of carbonyl (C=O) groups is 2. The summed E-state index contributed by atoms with van der Waals surface area (Å²) in [6.07, 6.45) is 32.1. The number of nitrogens with zero attached hydrogens (tertiary/aromatic N) is 1. The van der Waals surface area contributed by atoms with E-state index in [-0.39, 0.29) is 18.0 Å². The summed E-state index contributed by atoms with van der Waals surface area (Å²) < 4.78 is 16.5. The molecule has 0 N–H and O–H groups in total. The quantitative estimate of drug-likeness (QED) is 0.0491. The molecule has 0 aliphatic heterocycles. The molecular weight excluding hydrogens is 574 g/mol. The predicted molar refractivity (Wildman–Crippen MR) is 195 cm³/mol. The van der Waals surface area contributed by atoms with Gasteiger partial charge in [0.05, 0.1) is 6.61 Å². The Bertz CT molecular complexity index is 643. The molecule has 0 saturated carbocycles. The molecular formula is C40H79NO5. The molecule has 1 atom stereocenters. The van der Waals surface area contributed by atoms with Crippen LogP contribution in [0.4, 0.5) is 0 Å². The van der Waals surface area contributed by atoms with Gasteiger partial charge in [-0.25, -0.2) is 0 Å². The maximum Gasteiger partial charge on any atom is 0.306 e. The zero-order chi connectivity index (χ0) is 33.8. The lowest BCUT2D eigenvalue weighted by Gasteiger charge is -2.22. The zero-order valence-corrected chi connectivity index (χ0v) is 31.4. The highest BCUT2D eigenvalue weighted by Gasteiger charge is 2.12. The molecule has 0 rings (SSSR count). The van der Waals surface area contributed by atoms with Crippen molar-refractivity contribution in [3.8, 4) is 0 Å². The van der Waals surface area contributed by atoms with E-state index in [1.54, 1.807) is 7.11 Å². The molecule has 0 bridgehead atoms. The van der Waals surface area contributed by atoms with E-state index in [0.717, 1.165) is 77.6 Å². The number of methoxy groups -OCH3 is 1. The highest BCUT2D eigenvalue weighted by atomic mass is 16.5. The minimum Gasteiger partial charge on any atom is -0.466 e. The standard InChI is InChI=1S/C40H79NO5/c1-5-8-10-12-14-22-28-37-45-39(42)31-24-18-15-20-26-33-41(35-29-36-44-4)34-27-21-16-19-25-32-40(43)46-38(7-3)30-23-17-13-11-9-6-2/h38H,5-37H2,1-4H3. The summed E-state index contributed by atoms with van der Waals surface area (Å²) >= 11 is 0. The smallest absolute Gasteiger partial charge is 0.306 e. The van der Waals surface area contributed by atoms with Gasteiger partial charge >= 0.3 is 11.9 Å². The SMILES string of the molecule is CCCCCCCCCOC(=O)CCCCCCCN(CCCCCCCC(=O)OC(CC)CCCCCCCC)CCCOC. The van der Waals surface area contributed by atoms with Gasteiger partial charge in [0.1, 0.15) is 6.10 Å². The third-order valence-corrected chi connectivity index (χ3v) is 9.18. The van der Waals surface area contributed by atoms with Crippen molar-refractivity contribution >= 4 is 11.9 Å². The van der Waals surface area contributed by atoms with Crippen LogP contribution in [0.5, 0.6) is 0 Å². The number of rotatable bonds is 37. The maximum absolute atomic E-state index is 12.3. The molecule has 0 aromatic carbocycles. The van der Waals surface area contributed by atoms with Crippen molar-refractivity contribution in [3.05, 3.63) is 0 Å². The van der Waals surface area contributed by atoms with Gasteiger partial charge in [-0.05, 0) is 70.9 Å². The molecule has 0 radical (unpaired) electrons. The molecule has 274 valence electrons. The Morgan fingerprint density at radius 2 is 0.957 bits per heavy atom. The van der Waals surface area contributed by atoms with Crippen molar-refractivity contribution < 1.29 is 23.8 Å². The van der Waals surface area contributed by atoms with Crippen molar-refractivity contribution in [2.24, 2.45) is 0 Å². The summed E-state index contributed by atoms with van der Waals surface area (Å²) in [4.78, 5) is 26.9. The molecule has 6 nitrogen and oxygen atoms in total. The third-order valence-electron chi connectivity index (χ3n) is 9.18. The van der Waals surface area contributed by atoms with Crippen LogP contribution in [0.25, 0.3) is 0 Å². The Kier molecular flexibility index (Phi) is 35.8. The number of carbonyl (C=O) groups excluding carboxylic acids is 2. The van der Waals surface area contributed by atoms with Gasteiger partial charge in [-0.3, -0.25) is 9.59 Å². The van der Waals surface area contributed by atoms with Crippen LogP contribution in [0, 0.1) is 0 Å². The highest BCUT2D eigenvalue weighted by molar-refractivity contribution is 5.69. The molecule has 0 aromatic heterocycles. The molecule has 46 heavy (non-hydrogen) atoms. The van der Waals surface area contributed by atoms with Gasteiger partial charge in [-0.15, -0.1) is 0 Å². The summed E-state index contributed by atoms with van der Waals surface area (Å²) in [6, 6.07) is 0. The summed E-state index contributed by atoms with van der Waals surface area (Å²) in [5.74, 6) is -0.0138. The first kappa shape index (κ1) is 44.9. The fourth-order valence-corrected chi connectivity index (χ4v) is 6.10. The number of unbranched alkanes of at least 4 members (excludes halogenated alkanes) is 19. The molecule has 0 aliphatic rings. The monoisotopic (exact) mass is 654 g/mol. The Labute approximate surface area is 286 Å². The van der Waals surface area contributed by atoms with Crippen LogP contribution in [-0.4, -0.2) is 62.9 Å². The topological polar surface area (TPSA) is 65.1 Å². The van der Waals surface area contributed by atoms with Gasteiger partial charge < -0.3 is 19.1 Å². The Balaban J connectivity index is 3.85. The summed E-state index contributed by atoms with van der Waals surface area (Å²) in [6.45, 7) is 11.4. The number of esters is 2. The first-order chi connectivity index (χ1) is 22.6. The average molecular weight is 654 g/mol. The second-order valence-corrected chi connectivity index (χ2v) is 13.6. The summed E-state index contributed by atoms with van der Waals surface area (Å²) in [5.41, 5.74) is 0. The summed E-state index contributed by atoms with van der Waals surface area (Å²) in [5, 5.41) is 0. The minimum atomic E-state index is -0.0147. The van der Waals surface area contributed by atoms with Crippen LogP contribution in [0.1, 0.15) is 201 Å². The van der Waals surface area contributed by atoms with Gasteiger partial charge in [-0.2, -0.15) is 0 Å². The lowest BCUT2D eigenvalue weighted by molar-refractivity contribution is -0.149. The van der Waals surface area contributed by atoms with E-state index >= 15 is 0 Å². The fraction of sp³-hybridized carbons (Fsp3) is 0.950. The maximum atomic E-state index is 12.3. The Hall–Kier alpha value is -1.14. The van der Waals surface area contributed by atoms with Crippen molar-refractivity contribution in [3.63, 3.8) is 0 Å². The van der Waals surface area contributed by atoms with E-state index in [2.05, 4.69) is 25.7 Å². The molecule has 1 unspecified atom stereocenters. The number of hydrogen-bond acceptors (Lipinski definition) is 6. The van der Waals surface area contributed by atoms with Crippen LogP contribution >= 0.6 is 0 Å². The molecule has 0 amide bonds. The van der Waals surface area contributed by atoms with Crippen LogP contribution in [0.3, 0.4) is 0 Å². The van der Waals surface area contributed by atoms with E-state index in [1.807, 2.05) is 0 Å². The van der Waals surface area contributed by atoms with Gasteiger partial charge in [0, 0.05) is 33.1 Å². The molecule has 0 aliphatic carbocycles. The Morgan fingerprint density at radius 1 is 0.500 bits per heavy atom. The van der Waals surface area contributed by atoms with E-state index in [0.29, 0.717) is 19.4 Å². The molecule has 0 saturated heterocycles. The van der Waals surface area contributed by atoms with Crippen LogP contribution in [0.2, 0.25) is 0 Å². The lowest BCUT2D eigenvalue weighted by Crippen LogP contribution is -2.28.